The predicted molar refractivity (Wildman–Crippen MR) is 110 cm³/mol. The first-order valence-corrected chi connectivity index (χ1v) is 9.52. The Hall–Kier alpha value is -2.93. The maximum Gasteiger partial charge on any atom is 0.335 e. The molecule has 144 valence electrons. The number of halogens is 1. The van der Waals surface area contributed by atoms with Gasteiger partial charge in [0.2, 0.25) is 0 Å². The number of anilines is 1. The van der Waals surface area contributed by atoms with E-state index in [1.807, 2.05) is 26.8 Å². The molecule has 6 nitrogen and oxygen atoms in total. The van der Waals surface area contributed by atoms with Gasteiger partial charge in [-0.2, -0.15) is 0 Å². The van der Waals surface area contributed by atoms with E-state index in [-0.39, 0.29) is 5.57 Å². The second-order valence-corrected chi connectivity index (χ2v) is 7.20. The number of aryl methyl sites for hydroxylation is 2. The zero-order valence-corrected chi connectivity index (χ0v) is 17.3. The van der Waals surface area contributed by atoms with Crippen LogP contribution in [0, 0.1) is 13.8 Å². The second-order valence-electron chi connectivity index (χ2n) is 6.35. The van der Waals surface area contributed by atoms with E-state index in [1.54, 1.807) is 30.3 Å². The number of nitrogens with zero attached hydrogens (tertiary/aromatic N) is 1. The van der Waals surface area contributed by atoms with E-state index in [0.29, 0.717) is 28.1 Å². The predicted octanol–water partition coefficient (Wildman–Crippen LogP) is 4.13. The van der Waals surface area contributed by atoms with Gasteiger partial charge in [0.15, 0.2) is 0 Å². The van der Waals surface area contributed by atoms with E-state index >= 15 is 0 Å². The number of benzene rings is 2. The van der Waals surface area contributed by atoms with Crippen molar-refractivity contribution in [1.82, 2.24) is 5.32 Å². The molecule has 0 radical (unpaired) electrons. The van der Waals surface area contributed by atoms with Crippen molar-refractivity contribution in [3.63, 3.8) is 0 Å². The summed E-state index contributed by atoms with van der Waals surface area (Å²) >= 11 is 3.41. The van der Waals surface area contributed by atoms with E-state index in [2.05, 4.69) is 21.2 Å². The topological polar surface area (TPSA) is 75.7 Å². The van der Waals surface area contributed by atoms with Crippen LogP contribution >= 0.6 is 15.9 Å². The van der Waals surface area contributed by atoms with Gasteiger partial charge in [0.05, 0.1) is 16.8 Å². The molecule has 0 unspecified atom stereocenters. The van der Waals surface area contributed by atoms with Gasteiger partial charge in [-0.05, 0) is 83.7 Å². The lowest BCUT2D eigenvalue weighted by molar-refractivity contribution is -0.122. The molecular weight excluding hydrogens is 424 g/mol. The standard InChI is InChI=1S/C21H19BrN2O4/c1-4-28-18-8-6-14(11-17(18)22)10-16-19(25)23-21(27)24(20(16)26)15-7-5-12(2)13(3)9-15/h5-11H,4H2,1-3H3,(H,23,25,27)/b16-10+. The molecule has 1 aliphatic heterocycles. The highest BCUT2D eigenvalue weighted by atomic mass is 79.9. The number of amides is 4. The summed E-state index contributed by atoms with van der Waals surface area (Å²) in [6.07, 6.45) is 1.46. The molecular formula is C21H19BrN2O4. The highest BCUT2D eigenvalue weighted by molar-refractivity contribution is 9.10. The number of nitrogens with one attached hydrogen (secondary N) is 1. The Labute approximate surface area is 171 Å². The van der Waals surface area contributed by atoms with Crippen LogP contribution in [0.5, 0.6) is 5.75 Å². The van der Waals surface area contributed by atoms with E-state index in [1.165, 1.54) is 6.08 Å². The summed E-state index contributed by atoms with van der Waals surface area (Å²) in [5.74, 6) is -0.724. The first-order valence-electron chi connectivity index (χ1n) is 8.73. The summed E-state index contributed by atoms with van der Waals surface area (Å²) < 4.78 is 6.17. The lowest BCUT2D eigenvalue weighted by atomic mass is 10.1. The summed E-state index contributed by atoms with van der Waals surface area (Å²) in [7, 11) is 0. The second kappa shape index (κ2) is 7.98. The number of carbonyl (C=O) groups is 3. The molecule has 2 aromatic rings. The molecule has 28 heavy (non-hydrogen) atoms. The molecule has 1 heterocycles. The molecule has 4 amide bonds. The minimum absolute atomic E-state index is 0.117. The van der Waals surface area contributed by atoms with Crippen molar-refractivity contribution < 1.29 is 19.1 Å². The number of ether oxygens (including phenoxy) is 1. The lowest BCUT2D eigenvalue weighted by Gasteiger charge is -2.26. The van der Waals surface area contributed by atoms with Crippen molar-refractivity contribution >= 4 is 45.5 Å². The molecule has 1 saturated heterocycles. The maximum atomic E-state index is 12.9. The Bertz CT molecular complexity index is 1010. The van der Waals surface area contributed by atoms with E-state index in [0.717, 1.165) is 16.0 Å². The number of carbonyl (C=O) groups excluding carboxylic acids is 3. The molecule has 0 aliphatic carbocycles. The van der Waals surface area contributed by atoms with Gasteiger partial charge in [-0.3, -0.25) is 14.9 Å². The van der Waals surface area contributed by atoms with Gasteiger partial charge < -0.3 is 4.74 Å². The fourth-order valence-electron chi connectivity index (χ4n) is 2.80. The quantitative estimate of drug-likeness (QED) is 0.570. The first-order chi connectivity index (χ1) is 13.3. The molecule has 0 spiro atoms. The van der Waals surface area contributed by atoms with Crippen molar-refractivity contribution in [1.29, 1.82) is 0 Å². The minimum Gasteiger partial charge on any atom is -0.493 e. The van der Waals surface area contributed by atoms with Crippen LogP contribution in [0.1, 0.15) is 23.6 Å². The largest absolute Gasteiger partial charge is 0.493 e. The Morgan fingerprint density at radius 3 is 2.46 bits per heavy atom. The summed E-state index contributed by atoms with van der Waals surface area (Å²) in [6, 6.07) is 9.72. The van der Waals surface area contributed by atoms with Crippen molar-refractivity contribution in [2.75, 3.05) is 11.5 Å². The molecule has 1 aliphatic rings. The van der Waals surface area contributed by atoms with Crippen molar-refractivity contribution in [3.05, 3.63) is 63.1 Å². The number of rotatable bonds is 4. The monoisotopic (exact) mass is 442 g/mol. The van der Waals surface area contributed by atoms with Crippen molar-refractivity contribution in [3.8, 4) is 5.75 Å². The van der Waals surface area contributed by atoms with Crippen LogP contribution in [0.15, 0.2) is 46.4 Å². The minimum atomic E-state index is -0.761. The molecule has 7 heteroatoms. The SMILES string of the molecule is CCOc1ccc(/C=C2\C(=O)NC(=O)N(c3ccc(C)c(C)c3)C2=O)cc1Br. The van der Waals surface area contributed by atoms with Crippen LogP contribution < -0.4 is 15.0 Å². The summed E-state index contributed by atoms with van der Waals surface area (Å²) in [4.78, 5) is 38.5. The van der Waals surface area contributed by atoms with Gasteiger partial charge >= 0.3 is 6.03 Å². The zero-order valence-electron chi connectivity index (χ0n) is 15.7. The number of hydrogen-bond acceptors (Lipinski definition) is 4. The Morgan fingerprint density at radius 2 is 1.82 bits per heavy atom. The van der Waals surface area contributed by atoms with Gasteiger partial charge in [-0.25, -0.2) is 9.69 Å². The molecule has 2 aromatic carbocycles. The van der Waals surface area contributed by atoms with Crippen LogP contribution in [0.2, 0.25) is 0 Å². The molecule has 0 saturated carbocycles. The fraction of sp³-hybridized carbons (Fsp3) is 0.190. The van der Waals surface area contributed by atoms with Crippen LogP contribution in [0.4, 0.5) is 10.5 Å². The number of barbiturate groups is 1. The van der Waals surface area contributed by atoms with Crippen molar-refractivity contribution in [2.24, 2.45) is 0 Å². The summed E-state index contributed by atoms with van der Waals surface area (Å²) in [5, 5.41) is 2.23. The molecule has 0 atom stereocenters. The third-order valence-corrected chi connectivity index (χ3v) is 5.04. The highest BCUT2D eigenvalue weighted by Gasteiger charge is 2.36. The highest BCUT2D eigenvalue weighted by Crippen LogP contribution is 2.28. The Kier molecular flexibility index (Phi) is 5.65. The summed E-state index contributed by atoms with van der Waals surface area (Å²) in [6.45, 7) is 6.24. The molecule has 1 fully saturated rings. The number of urea groups is 1. The Morgan fingerprint density at radius 1 is 1.07 bits per heavy atom. The van der Waals surface area contributed by atoms with Crippen LogP contribution in [0.3, 0.4) is 0 Å². The van der Waals surface area contributed by atoms with Crippen LogP contribution in [0.25, 0.3) is 6.08 Å². The summed E-state index contributed by atoms with van der Waals surface area (Å²) in [5.41, 5.74) is 2.91. The van der Waals surface area contributed by atoms with Gasteiger partial charge in [0.25, 0.3) is 11.8 Å². The van der Waals surface area contributed by atoms with Crippen molar-refractivity contribution in [2.45, 2.75) is 20.8 Å². The maximum absolute atomic E-state index is 12.9. The van der Waals surface area contributed by atoms with Crippen LogP contribution in [-0.4, -0.2) is 24.5 Å². The number of hydrogen-bond donors (Lipinski definition) is 1. The van der Waals surface area contributed by atoms with Gasteiger partial charge in [0.1, 0.15) is 11.3 Å². The average Bonchev–Trinajstić information content (AvgIpc) is 2.63. The van der Waals surface area contributed by atoms with Gasteiger partial charge in [-0.15, -0.1) is 0 Å². The van der Waals surface area contributed by atoms with E-state index < -0.39 is 17.8 Å². The third-order valence-electron chi connectivity index (χ3n) is 4.42. The number of imide groups is 2. The first kappa shape index (κ1) is 19.8. The van der Waals surface area contributed by atoms with E-state index in [4.69, 9.17) is 4.74 Å². The molecule has 0 bridgehead atoms. The normalized spacial score (nSPS) is 15.8. The smallest absolute Gasteiger partial charge is 0.335 e. The zero-order chi connectivity index (χ0) is 20.4. The van der Waals surface area contributed by atoms with E-state index in [9.17, 15) is 14.4 Å². The average molecular weight is 443 g/mol. The van der Waals surface area contributed by atoms with Gasteiger partial charge in [0, 0.05) is 0 Å². The molecule has 1 N–H and O–H groups in total. The van der Waals surface area contributed by atoms with Crippen LogP contribution in [-0.2, 0) is 9.59 Å². The molecule has 0 aromatic heterocycles. The molecule has 3 rings (SSSR count). The fourth-order valence-corrected chi connectivity index (χ4v) is 3.31. The third kappa shape index (κ3) is 3.84. The lowest BCUT2D eigenvalue weighted by Crippen LogP contribution is -2.54. The van der Waals surface area contributed by atoms with Gasteiger partial charge in [-0.1, -0.05) is 12.1 Å². The Balaban J connectivity index is 1.98.